The summed E-state index contributed by atoms with van der Waals surface area (Å²) in [6.45, 7) is 8.62. The van der Waals surface area contributed by atoms with Gasteiger partial charge in [-0.3, -0.25) is 0 Å². The molecule has 0 spiro atoms. The Labute approximate surface area is 117 Å². The van der Waals surface area contributed by atoms with Crippen LogP contribution in [-0.4, -0.2) is 24.3 Å². The average Bonchev–Trinajstić information content (AvgIpc) is 2.39. The van der Waals surface area contributed by atoms with Crippen LogP contribution in [0, 0.1) is 18.8 Å². The summed E-state index contributed by atoms with van der Waals surface area (Å²) in [5.74, 6) is 1.17. The first-order chi connectivity index (χ1) is 9.10. The molecule has 1 aliphatic carbocycles. The van der Waals surface area contributed by atoms with Gasteiger partial charge in [0.25, 0.3) is 0 Å². The highest BCUT2D eigenvalue weighted by Gasteiger charge is 2.28. The molecule has 0 aromatic heterocycles. The Balaban J connectivity index is 2.06. The monoisotopic (exact) mass is 261 g/mol. The van der Waals surface area contributed by atoms with E-state index in [-0.39, 0.29) is 6.10 Å². The van der Waals surface area contributed by atoms with E-state index in [4.69, 9.17) is 0 Å². The summed E-state index contributed by atoms with van der Waals surface area (Å²) in [7, 11) is 0. The van der Waals surface area contributed by atoms with Gasteiger partial charge < -0.3 is 10.0 Å². The lowest BCUT2D eigenvalue weighted by Gasteiger charge is -2.36. The van der Waals surface area contributed by atoms with Crippen molar-refractivity contribution in [2.75, 3.05) is 18.0 Å². The summed E-state index contributed by atoms with van der Waals surface area (Å²) in [5, 5.41) is 10.2. The first-order valence-electron chi connectivity index (χ1n) is 7.59. The predicted octanol–water partition coefficient (Wildman–Crippen LogP) is 3.62. The van der Waals surface area contributed by atoms with Crippen LogP contribution in [0.3, 0.4) is 0 Å². The Kier molecular flexibility index (Phi) is 4.87. The van der Waals surface area contributed by atoms with Gasteiger partial charge in [-0.05, 0) is 56.7 Å². The smallest absolute Gasteiger partial charge is 0.0585 e. The maximum atomic E-state index is 10.2. The fraction of sp³-hybridized carbons (Fsp3) is 0.647. The molecule has 2 nitrogen and oxygen atoms in total. The summed E-state index contributed by atoms with van der Waals surface area (Å²) in [6.07, 6.45) is 3.18. The van der Waals surface area contributed by atoms with Crippen LogP contribution in [-0.2, 0) is 0 Å². The highest BCUT2D eigenvalue weighted by Crippen LogP contribution is 2.30. The van der Waals surface area contributed by atoms with E-state index in [1.165, 1.54) is 17.7 Å². The molecule has 0 amide bonds. The van der Waals surface area contributed by atoms with Gasteiger partial charge in [-0.2, -0.15) is 0 Å². The molecular formula is C17H27NO. The molecule has 2 heteroatoms. The first kappa shape index (κ1) is 14.4. The van der Waals surface area contributed by atoms with Gasteiger partial charge in [-0.25, -0.2) is 0 Å². The molecule has 1 N–H and O–H groups in total. The summed E-state index contributed by atoms with van der Waals surface area (Å²) in [5.41, 5.74) is 2.58. The second-order valence-electron chi connectivity index (χ2n) is 6.12. The number of hydrogen-bond donors (Lipinski definition) is 1. The molecule has 3 atom stereocenters. The van der Waals surface area contributed by atoms with Crippen molar-refractivity contribution >= 4 is 5.69 Å². The molecule has 0 bridgehead atoms. The van der Waals surface area contributed by atoms with Crippen LogP contribution in [0.1, 0.15) is 38.7 Å². The molecule has 106 valence electrons. The van der Waals surface area contributed by atoms with Crippen molar-refractivity contribution in [3.8, 4) is 0 Å². The third-order valence-corrected chi connectivity index (χ3v) is 4.41. The van der Waals surface area contributed by atoms with Crippen molar-refractivity contribution < 1.29 is 5.11 Å². The van der Waals surface area contributed by atoms with Crippen molar-refractivity contribution in [1.82, 2.24) is 0 Å². The van der Waals surface area contributed by atoms with E-state index in [1.807, 2.05) is 0 Å². The number of aryl methyl sites for hydroxylation is 1. The van der Waals surface area contributed by atoms with Crippen LogP contribution in [0.25, 0.3) is 0 Å². The Morgan fingerprint density at radius 2 is 2.11 bits per heavy atom. The third kappa shape index (κ3) is 3.73. The zero-order chi connectivity index (χ0) is 13.8. The van der Waals surface area contributed by atoms with Gasteiger partial charge >= 0.3 is 0 Å². The Morgan fingerprint density at radius 1 is 1.32 bits per heavy atom. The number of nitrogens with zero attached hydrogens (tertiary/aromatic N) is 1. The van der Waals surface area contributed by atoms with E-state index in [0.717, 1.165) is 31.8 Å². The quantitative estimate of drug-likeness (QED) is 0.895. The summed E-state index contributed by atoms with van der Waals surface area (Å²) in [4.78, 5) is 2.40. The van der Waals surface area contributed by atoms with E-state index in [2.05, 4.69) is 49.9 Å². The Bertz CT molecular complexity index is 404. The molecule has 0 saturated heterocycles. The predicted molar refractivity (Wildman–Crippen MR) is 81.6 cm³/mol. The maximum Gasteiger partial charge on any atom is 0.0585 e. The molecule has 1 aromatic rings. The van der Waals surface area contributed by atoms with E-state index in [0.29, 0.717) is 5.92 Å². The molecular weight excluding hydrogens is 234 g/mol. The lowest BCUT2D eigenvalue weighted by Crippen LogP contribution is -2.38. The number of benzene rings is 1. The Morgan fingerprint density at radius 3 is 2.79 bits per heavy atom. The van der Waals surface area contributed by atoms with E-state index in [1.54, 1.807) is 0 Å². The Hall–Kier alpha value is -1.02. The van der Waals surface area contributed by atoms with Crippen LogP contribution in [0.15, 0.2) is 24.3 Å². The molecule has 0 heterocycles. The number of aliphatic hydroxyl groups excluding tert-OH is 1. The van der Waals surface area contributed by atoms with Gasteiger partial charge in [0.2, 0.25) is 0 Å². The average molecular weight is 261 g/mol. The lowest BCUT2D eigenvalue weighted by atomic mass is 9.80. The van der Waals surface area contributed by atoms with E-state index in [9.17, 15) is 5.11 Å². The van der Waals surface area contributed by atoms with Crippen LogP contribution >= 0.6 is 0 Å². The van der Waals surface area contributed by atoms with Crippen molar-refractivity contribution in [3.63, 3.8) is 0 Å². The number of hydrogen-bond acceptors (Lipinski definition) is 2. The minimum Gasteiger partial charge on any atom is -0.393 e. The summed E-state index contributed by atoms with van der Waals surface area (Å²) < 4.78 is 0. The van der Waals surface area contributed by atoms with E-state index < -0.39 is 0 Å². The standard InChI is InChI=1S/C17H27NO/c1-4-18(16-7-5-6-13(2)11-16)12-15-10-14(3)8-9-17(15)19/h5-7,11,14-15,17,19H,4,8-10,12H2,1-3H3. The minimum atomic E-state index is -0.116. The van der Waals surface area contributed by atoms with Crippen molar-refractivity contribution in [3.05, 3.63) is 29.8 Å². The molecule has 19 heavy (non-hydrogen) atoms. The van der Waals surface area contributed by atoms with Gasteiger partial charge in [0.15, 0.2) is 0 Å². The maximum absolute atomic E-state index is 10.2. The highest BCUT2D eigenvalue weighted by molar-refractivity contribution is 5.48. The zero-order valence-corrected chi connectivity index (χ0v) is 12.5. The fourth-order valence-corrected chi connectivity index (χ4v) is 3.20. The van der Waals surface area contributed by atoms with Crippen molar-refractivity contribution in [2.24, 2.45) is 11.8 Å². The molecule has 3 unspecified atom stereocenters. The molecule has 0 aliphatic heterocycles. The summed E-state index contributed by atoms with van der Waals surface area (Å²) in [6, 6.07) is 8.67. The normalized spacial score (nSPS) is 27.3. The number of aliphatic hydroxyl groups is 1. The number of rotatable bonds is 4. The molecule has 0 radical (unpaired) electrons. The van der Waals surface area contributed by atoms with E-state index >= 15 is 0 Å². The largest absolute Gasteiger partial charge is 0.393 e. The second-order valence-corrected chi connectivity index (χ2v) is 6.12. The molecule has 1 fully saturated rings. The lowest BCUT2D eigenvalue weighted by molar-refractivity contribution is 0.0552. The van der Waals surface area contributed by atoms with Crippen molar-refractivity contribution in [2.45, 2.75) is 46.1 Å². The van der Waals surface area contributed by atoms with Gasteiger partial charge in [-0.1, -0.05) is 19.1 Å². The van der Waals surface area contributed by atoms with Gasteiger partial charge in [-0.15, -0.1) is 0 Å². The summed E-state index contributed by atoms with van der Waals surface area (Å²) >= 11 is 0. The molecule has 1 aliphatic rings. The zero-order valence-electron chi connectivity index (χ0n) is 12.5. The van der Waals surface area contributed by atoms with Crippen LogP contribution in [0.2, 0.25) is 0 Å². The van der Waals surface area contributed by atoms with Crippen molar-refractivity contribution in [1.29, 1.82) is 0 Å². The number of anilines is 1. The molecule has 1 aromatic carbocycles. The van der Waals surface area contributed by atoms with Crippen LogP contribution in [0.5, 0.6) is 0 Å². The van der Waals surface area contributed by atoms with Gasteiger partial charge in [0.05, 0.1) is 6.10 Å². The minimum absolute atomic E-state index is 0.116. The third-order valence-electron chi connectivity index (χ3n) is 4.41. The molecule has 2 rings (SSSR count). The SMILES string of the molecule is CCN(CC1CC(C)CCC1O)c1cccc(C)c1. The fourth-order valence-electron chi connectivity index (χ4n) is 3.20. The topological polar surface area (TPSA) is 23.5 Å². The van der Waals surface area contributed by atoms with Crippen LogP contribution in [0.4, 0.5) is 5.69 Å². The highest BCUT2D eigenvalue weighted by atomic mass is 16.3. The molecule has 1 saturated carbocycles. The second kappa shape index (κ2) is 6.42. The first-order valence-corrected chi connectivity index (χ1v) is 7.59. The van der Waals surface area contributed by atoms with Crippen LogP contribution < -0.4 is 4.90 Å². The van der Waals surface area contributed by atoms with Gasteiger partial charge in [0.1, 0.15) is 0 Å². The van der Waals surface area contributed by atoms with Gasteiger partial charge in [0, 0.05) is 24.7 Å².